The van der Waals surface area contributed by atoms with Gasteiger partial charge in [0.05, 0.1) is 5.54 Å². The number of nitrogens with two attached hydrogens (primary N) is 1. The molecule has 0 bridgehead atoms. The van der Waals surface area contributed by atoms with Crippen LogP contribution in [0.1, 0.15) is 19.8 Å². The lowest BCUT2D eigenvalue weighted by molar-refractivity contribution is -0.0320. The fourth-order valence-corrected chi connectivity index (χ4v) is 1.09. The molecule has 4 heteroatoms. The summed E-state index contributed by atoms with van der Waals surface area (Å²) < 4.78 is 24.0. The largest absolute Gasteiger partial charge is 0.320 e. The maximum Gasteiger partial charge on any atom is 0.256 e. The van der Waals surface area contributed by atoms with Crippen molar-refractivity contribution in [3.05, 3.63) is 0 Å². The molecule has 0 saturated heterocycles. The molecule has 0 radical (unpaired) electrons. The van der Waals surface area contributed by atoms with Gasteiger partial charge in [0, 0.05) is 0 Å². The Morgan fingerprint density at radius 1 is 1.60 bits per heavy atom. The second-order valence-electron chi connectivity index (χ2n) is 2.85. The summed E-state index contributed by atoms with van der Waals surface area (Å²) in [6.07, 6.45) is -1.02. The maximum atomic E-state index is 12.0. The summed E-state index contributed by atoms with van der Waals surface area (Å²) in [5.74, 6) is -0.00231. The highest BCUT2D eigenvalue weighted by Gasteiger charge is 2.47. The maximum absolute atomic E-state index is 12.0. The van der Waals surface area contributed by atoms with Crippen LogP contribution in [-0.2, 0) is 0 Å². The first-order valence-corrected chi connectivity index (χ1v) is 3.14. The standard InChI is InChI=1S/C6H11F2N.ClH/c1-4-2-3-6(4,9)5(7)8;/h4-5H,2-3,9H2,1H3;1H. The summed E-state index contributed by atoms with van der Waals surface area (Å²) in [7, 11) is 0. The summed E-state index contributed by atoms with van der Waals surface area (Å²) in [5.41, 5.74) is 4.19. The molecule has 1 saturated carbocycles. The molecule has 0 aliphatic heterocycles. The van der Waals surface area contributed by atoms with Crippen molar-refractivity contribution in [1.82, 2.24) is 0 Å². The topological polar surface area (TPSA) is 26.0 Å². The van der Waals surface area contributed by atoms with Crippen molar-refractivity contribution < 1.29 is 8.78 Å². The molecule has 0 aromatic carbocycles. The first-order chi connectivity index (χ1) is 4.07. The number of hydrogen-bond donors (Lipinski definition) is 1. The summed E-state index contributed by atoms with van der Waals surface area (Å²) in [6, 6.07) is 0. The summed E-state index contributed by atoms with van der Waals surface area (Å²) in [6.45, 7) is 1.77. The van der Waals surface area contributed by atoms with Crippen molar-refractivity contribution in [2.75, 3.05) is 0 Å². The van der Waals surface area contributed by atoms with Crippen LogP contribution in [0.15, 0.2) is 0 Å². The van der Waals surface area contributed by atoms with Gasteiger partial charge in [0.2, 0.25) is 0 Å². The molecule has 0 heterocycles. The van der Waals surface area contributed by atoms with E-state index < -0.39 is 12.0 Å². The van der Waals surface area contributed by atoms with Gasteiger partial charge in [0.15, 0.2) is 0 Å². The first kappa shape index (κ1) is 10.1. The SMILES string of the molecule is CC1CCC1(N)C(F)F.Cl. The number of halogens is 3. The van der Waals surface area contributed by atoms with Gasteiger partial charge in [-0.25, -0.2) is 8.78 Å². The molecule has 2 N–H and O–H groups in total. The highest BCUT2D eigenvalue weighted by atomic mass is 35.5. The van der Waals surface area contributed by atoms with E-state index in [1.165, 1.54) is 0 Å². The Hall–Kier alpha value is 0.110. The minimum atomic E-state index is -2.35. The molecule has 10 heavy (non-hydrogen) atoms. The number of rotatable bonds is 1. The van der Waals surface area contributed by atoms with E-state index in [0.29, 0.717) is 6.42 Å². The predicted molar refractivity (Wildman–Crippen MR) is 38.6 cm³/mol. The number of hydrogen-bond acceptors (Lipinski definition) is 1. The third-order valence-electron chi connectivity index (χ3n) is 2.33. The zero-order chi connectivity index (χ0) is 7.07. The molecule has 1 nitrogen and oxygen atoms in total. The van der Waals surface area contributed by atoms with Crippen molar-refractivity contribution in [1.29, 1.82) is 0 Å². The molecule has 0 spiro atoms. The highest BCUT2D eigenvalue weighted by molar-refractivity contribution is 5.85. The minimum absolute atomic E-state index is 0. The lowest BCUT2D eigenvalue weighted by Gasteiger charge is -2.44. The van der Waals surface area contributed by atoms with Crippen molar-refractivity contribution in [2.45, 2.75) is 31.7 Å². The van der Waals surface area contributed by atoms with Gasteiger partial charge in [-0.1, -0.05) is 6.92 Å². The fraction of sp³-hybridized carbons (Fsp3) is 1.00. The molecule has 2 unspecified atom stereocenters. The highest BCUT2D eigenvalue weighted by Crippen LogP contribution is 2.40. The van der Waals surface area contributed by atoms with Gasteiger partial charge in [-0.15, -0.1) is 12.4 Å². The summed E-state index contributed by atoms with van der Waals surface area (Å²) in [4.78, 5) is 0. The normalized spacial score (nSPS) is 38.7. The predicted octanol–water partition coefficient (Wildman–Crippen LogP) is 1.80. The lowest BCUT2D eigenvalue weighted by Crippen LogP contribution is -2.59. The fourth-order valence-electron chi connectivity index (χ4n) is 1.09. The molecule has 1 fully saturated rings. The van der Waals surface area contributed by atoms with Crippen LogP contribution in [0, 0.1) is 5.92 Å². The molecule has 2 atom stereocenters. The van der Waals surface area contributed by atoms with Crippen LogP contribution >= 0.6 is 12.4 Å². The molecule has 1 aliphatic carbocycles. The van der Waals surface area contributed by atoms with E-state index in [1.807, 2.05) is 0 Å². The Balaban J connectivity index is 0.000000810. The van der Waals surface area contributed by atoms with Crippen molar-refractivity contribution in [2.24, 2.45) is 11.7 Å². The average molecular weight is 172 g/mol. The Bertz CT molecular complexity index is 114. The minimum Gasteiger partial charge on any atom is -0.320 e. The Kier molecular flexibility index (Phi) is 3.04. The van der Waals surface area contributed by atoms with Crippen LogP contribution in [0.5, 0.6) is 0 Å². The Morgan fingerprint density at radius 3 is 2.10 bits per heavy atom. The molecule has 0 aromatic heterocycles. The van der Waals surface area contributed by atoms with Crippen molar-refractivity contribution in [3.8, 4) is 0 Å². The van der Waals surface area contributed by atoms with E-state index in [0.717, 1.165) is 6.42 Å². The molecule has 0 amide bonds. The average Bonchev–Trinajstić information content (AvgIpc) is 1.82. The first-order valence-electron chi connectivity index (χ1n) is 3.14. The second-order valence-corrected chi connectivity index (χ2v) is 2.85. The monoisotopic (exact) mass is 171 g/mol. The smallest absolute Gasteiger partial charge is 0.256 e. The molecule has 1 rings (SSSR count). The molecule has 62 valence electrons. The van der Waals surface area contributed by atoms with E-state index in [2.05, 4.69) is 0 Å². The molecular weight excluding hydrogens is 160 g/mol. The molecule has 0 aromatic rings. The molecule has 1 aliphatic rings. The third-order valence-corrected chi connectivity index (χ3v) is 2.33. The van der Waals surface area contributed by atoms with Gasteiger partial charge in [-0.05, 0) is 18.8 Å². The van der Waals surface area contributed by atoms with Gasteiger partial charge in [0.1, 0.15) is 0 Å². The lowest BCUT2D eigenvalue weighted by atomic mass is 9.68. The van der Waals surface area contributed by atoms with Gasteiger partial charge < -0.3 is 5.73 Å². The van der Waals surface area contributed by atoms with E-state index in [9.17, 15) is 8.78 Å². The van der Waals surface area contributed by atoms with E-state index in [4.69, 9.17) is 5.73 Å². The van der Waals surface area contributed by atoms with Crippen LogP contribution in [0.25, 0.3) is 0 Å². The third kappa shape index (κ3) is 1.25. The van der Waals surface area contributed by atoms with E-state index in [1.54, 1.807) is 6.92 Å². The summed E-state index contributed by atoms with van der Waals surface area (Å²) >= 11 is 0. The van der Waals surface area contributed by atoms with Gasteiger partial charge in [0.25, 0.3) is 6.43 Å². The summed E-state index contributed by atoms with van der Waals surface area (Å²) in [5, 5.41) is 0. The van der Waals surface area contributed by atoms with Crippen LogP contribution in [0.3, 0.4) is 0 Å². The Labute approximate surface area is 65.4 Å². The zero-order valence-electron chi connectivity index (χ0n) is 5.81. The van der Waals surface area contributed by atoms with Crippen molar-refractivity contribution >= 4 is 12.4 Å². The van der Waals surface area contributed by atoms with Gasteiger partial charge >= 0.3 is 0 Å². The number of alkyl halides is 2. The van der Waals surface area contributed by atoms with E-state index in [-0.39, 0.29) is 18.3 Å². The van der Waals surface area contributed by atoms with Gasteiger partial charge in [-0.3, -0.25) is 0 Å². The van der Waals surface area contributed by atoms with Crippen LogP contribution in [0.2, 0.25) is 0 Å². The van der Waals surface area contributed by atoms with E-state index >= 15 is 0 Å². The van der Waals surface area contributed by atoms with Crippen molar-refractivity contribution in [3.63, 3.8) is 0 Å². The van der Waals surface area contributed by atoms with Crippen LogP contribution < -0.4 is 5.73 Å². The quantitative estimate of drug-likeness (QED) is 0.640. The second kappa shape index (κ2) is 3.01. The van der Waals surface area contributed by atoms with Gasteiger partial charge in [-0.2, -0.15) is 0 Å². The Morgan fingerprint density at radius 2 is 2.10 bits per heavy atom. The molecular formula is C6H12ClF2N. The van der Waals surface area contributed by atoms with Crippen LogP contribution in [-0.4, -0.2) is 12.0 Å². The zero-order valence-corrected chi connectivity index (χ0v) is 6.63. The van der Waals surface area contributed by atoms with Crippen LogP contribution in [0.4, 0.5) is 8.78 Å².